The van der Waals surface area contributed by atoms with Gasteiger partial charge in [-0.1, -0.05) is 11.6 Å². The fraction of sp³-hybridized carbons (Fsp3) is 0.333. The lowest BCUT2D eigenvalue weighted by Crippen LogP contribution is -2.46. The van der Waals surface area contributed by atoms with Gasteiger partial charge in [-0.25, -0.2) is 4.39 Å². The molecule has 0 aliphatic carbocycles. The Labute approximate surface area is 97.2 Å². The van der Waals surface area contributed by atoms with Crippen LogP contribution < -0.4 is 5.73 Å². The Bertz CT molecular complexity index is 416. The summed E-state index contributed by atoms with van der Waals surface area (Å²) in [5.41, 5.74) is 4.01. The maximum absolute atomic E-state index is 12.9. The molecular formula is C9H6ClF6N. The van der Waals surface area contributed by atoms with Crippen molar-refractivity contribution in [3.63, 3.8) is 0 Å². The van der Waals surface area contributed by atoms with Crippen molar-refractivity contribution < 1.29 is 26.3 Å². The Kier molecular flexibility index (Phi) is 3.63. The molecule has 0 aliphatic heterocycles. The molecule has 0 bridgehead atoms. The monoisotopic (exact) mass is 277 g/mol. The van der Waals surface area contributed by atoms with Crippen LogP contribution in [-0.2, 0) is 0 Å². The number of rotatable bonds is 2. The third-order valence-corrected chi connectivity index (χ3v) is 2.41. The molecule has 17 heavy (non-hydrogen) atoms. The van der Waals surface area contributed by atoms with Gasteiger partial charge >= 0.3 is 12.1 Å². The molecule has 0 aliphatic rings. The predicted molar refractivity (Wildman–Crippen MR) is 49.3 cm³/mol. The minimum atomic E-state index is -5.83. The van der Waals surface area contributed by atoms with E-state index >= 15 is 0 Å². The highest BCUT2D eigenvalue weighted by molar-refractivity contribution is 6.31. The SMILES string of the molecule is N[C@H](c1cc(F)ccc1Cl)C(F)(F)C(F)(F)F. The van der Waals surface area contributed by atoms with Crippen molar-refractivity contribution in [2.24, 2.45) is 5.73 Å². The fourth-order valence-electron chi connectivity index (χ4n) is 1.12. The van der Waals surface area contributed by atoms with Crippen molar-refractivity contribution in [1.82, 2.24) is 0 Å². The molecule has 1 rings (SSSR count). The van der Waals surface area contributed by atoms with Gasteiger partial charge in [-0.15, -0.1) is 0 Å². The second kappa shape index (κ2) is 4.38. The fourth-order valence-corrected chi connectivity index (χ4v) is 1.36. The zero-order valence-corrected chi connectivity index (χ0v) is 8.79. The Morgan fingerprint density at radius 1 is 1.12 bits per heavy atom. The second-order valence-corrected chi connectivity index (χ2v) is 3.67. The zero-order chi connectivity index (χ0) is 13.4. The van der Waals surface area contributed by atoms with E-state index in [0.717, 1.165) is 12.1 Å². The van der Waals surface area contributed by atoms with Gasteiger partial charge in [0.1, 0.15) is 11.9 Å². The van der Waals surface area contributed by atoms with E-state index in [0.29, 0.717) is 6.07 Å². The van der Waals surface area contributed by atoms with Gasteiger partial charge in [0.05, 0.1) is 0 Å². The highest BCUT2D eigenvalue weighted by atomic mass is 35.5. The molecular weight excluding hydrogens is 272 g/mol. The summed E-state index contributed by atoms with van der Waals surface area (Å²) in [7, 11) is 0. The smallest absolute Gasteiger partial charge is 0.319 e. The highest BCUT2D eigenvalue weighted by Gasteiger charge is 2.62. The van der Waals surface area contributed by atoms with E-state index in [9.17, 15) is 26.3 Å². The molecule has 0 fully saturated rings. The van der Waals surface area contributed by atoms with E-state index in [1.165, 1.54) is 0 Å². The average molecular weight is 278 g/mol. The van der Waals surface area contributed by atoms with Crippen LogP contribution in [0.25, 0.3) is 0 Å². The summed E-state index contributed by atoms with van der Waals surface area (Å²) in [6.45, 7) is 0. The van der Waals surface area contributed by atoms with Gasteiger partial charge in [0.2, 0.25) is 0 Å². The number of nitrogens with two attached hydrogens (primary N) is 1. The van der Waals surface area contributed by atoms with Crippen LogP contribution in [-0.4, -0.2) is 12.1 Å². The van der Waals surface area contributed by atoms with Crippen molar-refractivity contribution in [2.75, 3.05) is 0 Å². The summed E-state index contributed by atoms with van der Waals surface area (Å²) >= 11 is 5.40. The van der Waals surface area contributed by atoms with E-state index in [4.69, 9.17) is 17.3 Å². The van der Waals surface area contributed by atoms with Crippen LogP contribution in [0.4, 0.5) is 26.3 Å². The third-order valence-electron chi connectivity index (χ3n) is 2.06. The summed E-state index contributed by atoms with van der Waals surface area (Å²) in [6, 6.07) is -0.624. The third kappa shape index (κ3) is 2.66. The van der Waals surface area contributed by atoms with E-state index in [1.54, 1.807) is 0 Å². The quantitative estimate of drug-likeness (QED) is 0.820. The zero-order valence-electron chi connectivity index (χ0n) is 8.03. The summed E-state index contributed by atoms with van der Waals surface area (Å²) in [4.78, 5) is 0. The molecule has 0 spiro atoms. The maximum atomic E-state index is 12.9. The first-order valence-corrected chi connectivity index (χ1v) is 4.60. The number of hydrogen-bond acceptors (Lipinski definition) is 1. The van der Waals surface area contributed by atoms with Crippen LogP contribution in [0.3, 0.4) is 0 Å². The lowest BCUT2D eigenvalue weighted by molar-refractivity contribution is -0.291. The summed E-state index contributed by atoms with van der Waals surface area (Å²) in [6.07, 6.45) is -5.83. The van der Waals surface area contributed by atoms with E-state index in [2.05, 4.69) is 0 Å². The summed E-state index contributed by atoms with van der Waals surface area (Å²) in [5, 5.41) is -0.456. The largest absolute Gasteiger partial charge is 0.455 e. The van der Waals surface area contributed by atoms with Crippen molar-refractivity contribution in [3.8, 4) is 0 Å². The van der Waals surface area contributed by atoms with Crippen LogP contribution in [0.1, 0.15) is 11.6 Å². The topological polar surface area (TPSA) is 26.0 Å². The molecule has 0 saturated heterocycles. The highest BCUT2D eigenvalue weighted by Crippen LogP contribution is 2.44. The van der Waals surface area contributed by atoms with E-state index in [-0.39, 0.29) is 0 Å². The van der Waals surface area contributed by atoms with Crippen LogP contribution in [0.5, 0.6) is 0 Å². The van der Waals surface area contributed by atoms with E-state index < -0.39 is 34.5 Å². The van der Waals surface area contributed by atoms with Crippen molar-refractivity contribution in [2.45, 2.75) is 18.1 Å². The first kappa shape index (κ1) is 14.1. The normalized spacial score (nSPS) is 14.8. The minimum Gasteiger partial charge on any atom is -0.319 e. The molecule has 1 nitrogen and oxygen atoms in total. The molecule has 0 amide bonds. The van der Waals surface area contributed by atoms with Gasteiger partial charge in [-0.3, -0.25) is 0 Å². The van der Waals surface area contributed by atoms with Crippen LogP contribution >= 0.6 is 11.6 Å². The number of alkyl halides is 5. The molecule has 8 heteroatoms. The summed E-state index contributed by atoms with van der Waals surface area (Å²) < 4.78 is 74.6. The first-order valence-electron chi connectivity index (χ1n) is 4.22. The average Bonchev–Trinajstić information content (AvgIpc) is 2.19. The van der Waals surface area contributed by atoms with Crippen molar-refractivity contribution in [1.29, 1.82) is 0 Å². The predicted octanol–water partition coefficient (Wildman–Crippen LogP) is 3.68. The molecule has 2 N–H and O–H groups in total. The van der Waals surface area contributed by atoms with Crippen LogP contribution in [0.2, 0.25) is 5.02 Å². The molecule has 96 valence electrons. The number of benzene rings is 1. The Balaban J connectivity index is 3.21. The summed E-state index contributed by atoms with van der Waals surface area (Å²) in [5.74, 6) is -6.19. The van der Waals surface area contributed by atoms with Crippen LogP contribution in [0.15, 0.2) is 18.2 Å². The number of halogens is 7. The molecule has 0 heterocycles. The van der Waals surface area contributed by atoms with Crippen LogP contribution in [0, 0.1) is 5.82 Å². The molecule has 1 atom stereocenters. The Morgan fingerprint density at radius 2 is 1.65 bits per heavy atom. The Hall–Kier alpha value is -0.950. The van der Waals surface area contributed by atoms with Gasteiger partial charge in [0.25, 0.3) is 0 Å². The molecule has 0 aromatic heterocycles. The van der Waals surface area contributed by atoms with Crippen molar-refractivity contribution in [3.05, 3.63) is 34.6 Å². The second-order valence-electron chi connectivity index (χ2n) is 3.26. The standard InChI is InChI=1S/C9H6ClF6N/c10-6-2-1-4(11)3-5(6)7(17)8(12,13)9(14,15)16/h1-3,7H,17H2/t7-/m1/s1. The Morgan fingerprint density at radius 3 is 2.12 bits per heavy atom. The minimum absolute atomic E-state index is 0.451. The first-order chi connectivity index (χ1) is 7.57. The lowest BCUT2D eigenvalue weighted by Gasteiger charge is -2.26. The van der Waals surface area contributed by atoms with Crippen molar-refractivity contribution >= 4 is 11.6 Å². The van der Waals surface area contributed by atoms with Gasteiger partial charge in [0.15, 0.2) is 0 Å². The van der Waals surface area contributed by atoms with Gasteiger partial charge in [-0.2, -0.15) is 22.0 Å². The molecule has 1 aromatic rings. The molecule has 0 radical (unpaired) electrons. The molecule has 1 aromatic carbocycles. The lowest BCUT2D eigenvalue weighted by atomic mass is 10.0. The van der Waals surface area contributed by atoms with Gasteiger partial charge < -0.3 is 5.73 Å². The van der Waals surface area contributed by atoms with E-state index in [1.807, 2.05) is 0 Å². The molecule has 0 saturated carbocycles. The van der Waals surface area contributed by atoms with Gasteiger partial charge in [-0.05, 0) is 23.8 Å². The maximum Gasteiger partial charge on any atom is 0.455 e. The number of hydrogen-bond donors (Lipinski definition) is 1. The molecule has 0 unspecified atom stereocenters. The van der Waals surface area contributed by atoms with Gasteiger partial charge in [0, 0.05) is 5.02 Å².